The maximum atomic E-state index is 11.7. The third-order valence-corrected chi connectivity index (χ3v) is 2.48. The average Bonchev–Trinajstić information content (AvgIpc) is 2.33. The van der Waals surface area contributed by atoms with Crippen molar-refractivity contribution in [1.29, 1.82) is 0 Å². The lowest BCUT2D eigenvalue weighted by Crippen LogP contribution is -2.49. The molecule has 0 radical (unpaired) electrons. The summed E-state index contributed by atoms with van der Waals surface area (Å²) in [4.78, 5) is 23.7. The van der Waals surface area contributed by atoms with E-state index in [9.17, 15) is 9.59 Å². The predicted molar refractivity (Wildman–Crippen MR) is 59.7 cm³/mol. The number of morpholine rings is 1. The highest BCUT2D eigenvalue weighted by molar-refractivity contribution is 5.69. The molecule has 1 aliphatic heterocycles. The summed E-state index contributed by atoms with van der Waals surface area (Å²) in [7, 11) is 0. The van der Waals surface area contributed by atoms with Crippen LogP contribution in [-0.2, 0) is 14.3 Å². The number of carboxylic acids is 1. The highest BCUT2D eigenvalue weighted by Crippen LogP contribution is 2.13. The standard InChI is InChI=1S/C11H17NO5/c1-2-6-17-11(15)12-5-7-16-8-9(12)3-4-10(13)14/h2,9H,1,3-8H2,(H,13,14). The highest BCUT2D eigenvalue weighted by atomic mass is 16.6. The largest absolute Gasteiger partial charge is 0.481 e. The molecule has 0 aromatic rings. The summed E-state index contributed by atoms with van der Waals surface area (Å²) in [5.74, 6) is -0.880. The van der Waals surface area contributed by atoms with Crippen LogP contribution >= 0.6 is 0 Å². The molecule has 0 saturated carbocycles. The van der Waals surface area contributed by atoms with Crippen LogP contribution in [0.1, 0.15) is 12.8 Å². The van der Waals surface area contributed by atoms with E-state index in [0.29, 0.717) is 26.2 Å². The van der Waals surface area contributed by atoms with Crippen LogP contribution in [0.25, 0.3) is 0 Å². The number of amides is 1. The van der Waals surface area contributed by atoms with E-state index in [1.165, 1.54) is 11.0 Å². The number of hydrogen-bond donors (Lipinski definition) is 1. The molecule has 1 unspecified atom stereocenters. The Kier molecular flexibility index (Phi) is 5.48. The van der Waals surface area contributed by atoms with Gasteiger partial charge in [0.15, 0.2) is 0 Å². The number of hydrogen-bond acceptors (Lipinski definition) is 4. The molecule has 1 fully saturated rings. The van der Waals surface area contributed by atoms with Crippen molar-refractivity contribution in [3.63, 3.8) is 0 Å². The zero-order chi connectivity index (χ0) is 12.7. The minimum Gasteiger partial charge on any atom is -0.481 e. The molecule has 1 heterocycles. The van der Waals surface area contributed by atoms with Gasteiger partial charge in [0.2, 0.25) is 0 Å². The number of carboxylic acid groups (broad SMARTS) is 1. The van der Waals surface area contributed by atoms with Gasteiger partial charge in [-0.3, -0.25) is 4.79 Å². The van der Waals surface area contributed by atoms with Gasteiger partial charge < -0.3 is 19.5 Å². The van der Waals surface area contributed by atoms with Crippen molar-refractivity contribution in [2.75, 3.05) is 26.4 Å². The van der Waals surface area contributed by atoms with E-state index in [0.717, 1.165) is 0 Å². The van der Waals surface area contributed by atoms with Gasteiger partial charge in [0.25, 0.3) is 0 Å². The van der Waals surface area contributed by atoms with Gasteiger partial charge in [-0.15, -0.1) is 0 Å². The molecular weight excluding hydrogens is 226 g/mol. The van der Waals surface area contributed by atoms with Crippen molar-refractivity contribution in [3.8, 4) is 0 Å². The Balaban J connectivity index is 2.49. The molecular formula is C11H17NO5. The summed E-state index contributed by atoms with van der Waals surface area (Å²) in [6.45, 7) is 4.85. The van der Waals surface area contributed by atoms with E-state index < -0.39 is 12.1 Å². The fourth-order valence-electron chi connectivity index (χ4n) is 1.64. The molecule has 0 aromatic heterocycles. The van der Waals surface area contributed by atoms with Crippen molar-refractivity contribution in [3.05, 3.63) is 12.7 Å². The smallest absolute Gasteiger partial charge is 0.410 e. The van der Waals surface area contributed by atoms with Gasteiger partial charge in [0, 0.05) is 13.0 Å². The summed E-state index contributed by atoms with van der Waals surface area (Å²) in [5, 5.41) is 8.62. The van der Waals surface area contributed by atoms with Gasteiger partial charge in [-0.1, -0.05) is 12.7 Å². The molecule has 1 aliphatic rings. The lowest BCUT2D eigenvalue weighted by atomic mass is 10.1. The number of aliphatic carboxylic acids is 1. The third kappa shape index (κ3) is 4.44. The highest BCUT2D eigenvalue weighted by Gasteiger charge is 2.28. The Hall–Kier alpha value is -1.56. The molecule has 0 aliphatic carbocycles. The fraction of sp³-hybridized carbons (Fsp3) is 0.636. The second-order valence-electron chi connectivity index (χ2n) is 3.72. The van der Waals surface area contributed by atoms with Gasteiger partial charge in [-0.2, -0.15) is 0 Å². The first-order valence-electron chi connectivity index (χ1n) is 5.49. The van der Waals surface area contributed by atoms with E-state index in [-0.39, 0.29) is 19.1 Å². The first-order valence-corrected chi connectivity index (χ1v) is 5.49. The second kappa shape index (κ2) is 6.90. The Morgan fingerprint density at radius 1 is 1.59 bits per heavy atom. The molecule has 0 bridgehead atoms. The van der Waals surface area contributed by atoms with Gasteiger partial charge in [-0.25, -0.2) is 4.79 Å². The summed E-state index contributed by atoms with van der Waals surface area (Å²) < 4.78 is 10.2. The summed E-state index contributed by atoms with van der Waals surface area (Å²) >= 11 is 0. The molecule has 96 valence electrons. The molecule has 1 N–H and O–H groups in total. The Morgan fingerprint density at radius 3 is 3.00 bits per heavy atom. The van der Waals surface area contributed by atoms with Crippen molar-refractivity contribution < 1.29 is 24.2 Å². The second-order valence-corrected chi connectivity index (χ2v) is 3.72. The molecule has 0 aromatic carbocycles. The van der Waals surface area contributed by atoms with Crippen LogP contribution in [0.4, 0.5) is 4.79 Å². The molecule has 6 nitrogen and oxygen atoms in total. The lowest BCUT2D eigenvalue weighted by Gasteiger charge is -2.34. The minimum absolute atomic E-state index is 0.0132. The first-order chi connectivity index (χ1) is 8.15. The van der Waals surface area contributed by atoms with Gasteiger partial charge in [-0.05, 0) is 6.42 Å². The summed E-state index contributed by atoms with van der Waals surface area (Å²) in [5.41, 5.74) is 0. The molecule has 0 spiro atoms. The van der Waals surface area contributed by atoms with Crippen LogP contribution in [-0.4, -0.2) is 54.5 Å². The predicted octanol–water partition coefficient (Wildman–Crippen LogP) is 0.875. The maximum absolute atomic E-state index is 11.7. The molecule has 1 amide bonds. The zero-order valence-corrected chi connectivity index (χ0v) is 9.63. The van der Waals surface area contributed by atoms with E-state index >= 15 is 0 Å². The SMILES string of the molecule is C=CCOC(=O)N1CCOCC1CCC(=O)O. The van der Waals surface area contributed by atoms with Gasteiger partial charge in [0.1, 0.15) is 6.61 Å². The van der Waals surface area contributed by atoms with E-state index in [2.05, 4.69) is 6.58 Å². The summed E-state index contributed by atoms with van der Waals surface area (Å²) in [6.07, 6.45) is 1.44. The molecule has 1 atom stereocenters. The number of rotatable bonds is 5. The van der Waals surface area contributed by atoms with E-state index in [1.54, 1.807) is 0 Å². The maximum Gasteiger partial charge on any atom is 0.410 e. The zero-order valence-electron chi connectivity index (χ0n) is 9.63. The quantitative estimate of drug-likeness (QED) is 0.725. The van der Waals surface area contributed by atoms with Gasteiger partial charge in [0.05, 0.1) is 19.3 Å². The first kappa shape index (κ1) is 13.5. The molecule has 17 heavy (non-hydrogen) atoms. The number of carbonyl (C=O) groups is 2. The van der Waals surface area contributed by atoms with Crippen LogP contribution in [0.15, 0.2) is 12.7 Å². The Bertz CT molecular complexity index is 292. The van der Waals surface area contributed by atoms with Crippen molar-refractivity contribution in [2.24, 2.45) is 0 Å². The van der Waals surface area contributed by atoms with Crippen LogP contribution in [0.5, 0.6) is 0 Å². The van der Waals surface area contributed by atoms with Crippen LogP contribution < -0.4 is 0 Å². The van der Waals surface area contributed by atoms with E-state index in [4.69, 9.17) is 14.6 Å². The van der Waals surface area contributed by atoms with Crippen molar-refractivity contribution in [2.45, 2.75) is 18.9 Å². The molecule has 6 heteroatoms. The lowest BCUT2D eigenvalue weighted by molar-refractivity contribution is -0.137. The van der Waals surface area contributed by atoms with Crippen LogP contribution in [0.2, 0.25) is 0 Å². The minimum atomic E-state index is -0.880. The van der Waals surface area contributed by atoms with Gasteiger partial charge >= 0.3 is 12.1 Å². The average molecular weight is 243 g/mol. The number of ether oxygens (including phenoxy) is 2. The number of nitrogens with zero attached hydrogens (tertiary/aromatic N) is 1. The number of carbonyl (C=O) groups excluding carboxylic acids is 1. The Labute approximate surface area is 99.8 Å². The van der Waals surface area contributed by atoms with Crippen molar-refractivity contribution in [1.82, 2.24) is 4.90 Å². The Morgan fingerprint density at radius 2 is 2.35 bits per heavy atom. The topological polar surface area (TPSA) is 76.1 Å². The fourth-order valence-corrected chi connectivity index (χ4v) is 1.64. The van der Waals surface area contributed by atoms with Crippen LogP contribution in [0, 0.1) is 0 Å². The molecule has 1 rings (SSSR count). The van der Waals surface area contributed by atoms with Crippen molar-refractivity contribution >= 4 is 12.1 Å². The molecule has 1 saturated heterocycles. The summed E-state index contributed by atoms with van der Waals surface area (Å²) in [6, 6.07) is -0.225. The monoisotopic (exact) mass is 243 g/mol. The van der Waals surface area contributed by atoms with E-state index in [1.807, 2.05) is 0 Å². The van der Waals surface area contributed by atoms with Crippen LogP contribution in [0.3, 0.4) is 0 Å². The normalized spacial score (nSPS) is 19.8. The third-order valence-electron chi connectivity index (χ3n) is 2.48.